The van der Waals surface area contributed by atoms with Crippen LogP contribution in [0.4, 0.5) is 4.79 Å². The minimum absolute atomic E-state index is 0.0281. The van der Waals surface area contributed by atoms with E-state index < -0.39 is 0 Å². The van der Waals surface area contributed by atoms with Crippen LogP contribution in [0.2, 0.25) is 0 Å². The van der Waals surface area contributed by atoms with Gasteiger partial charge in [-0.1, -0.05) is 13.8 Å². The van der Waals surface area contributed by atoms with Gasteiger partial charge in [-0.15, -0.1) is 0 Å². The van der Waals surface area contributed by atoms with E-state index in [1.165, 1.54) is 0 Å². The van der Waals surface area contributed by atoms with E-state index in [2.05, 4.69) is 39.9 Å². The zero-order valence-corrected chi connectivity index (χ0v) is 16.0. The molecule has 0 spiro atoms. The predicted molar refractivity (Wildman–Crippen MR) is 99.4 cm³/mol. The van der Waals surface area contributed by atoms with Crippen LogP contribution in [0.1, 0.15) is 39.8 Å². The molecule has 3 N–H and O–H groups in total. The lowest BCUT2D eigenvalue weighted by Gasteiger charge is -2.22. The third kappa shape index (κ3) is 8.42. The van der Waals surface area contributed by atoms with Gasteiger partial charge in [0.25, 0.3) is 0 Å². The normalized spacial score (nSPS) is 12.8. The first-order chi connectivity index (χ1) is 12.0. The molecule has 0 aliphatic carbocycles. The molecule has 1 amide bonds. The number of rotatable bonds is 9. The molecule has 142 valence electrons. The standard InChI is InChI=1S/C17H32N6O2/c1-6-18-16(20-12-15-8-9-21-23(15)5)19-11-14(10-13(3)4)22-17(24)25-7-2/h8-9,13-14H,6-7,10-12H2,1-5H3,(H,22,24)(H2,18,19,20). The number of carbonyl (C=O) groups excluding carboxylic acids is 1. The summed E-state index contributed by atoms with van der Waals surface area (Å²) in [6.07, 6.45) is 2.23. The van der Waals surface area contributed by atoms with Crippen LogP contribution in [0.5, 0.6) is 0 Å². The van der Waals surface area contributed by atoms with Gasteiger partial charge in [-0.2, -0.15) is 5.10 Å². The molecule has 25 heavy (non-hydrogen) atoms. The quantitative estimate of drug-likeness (QED) is 0.464. The molecule has 1 rings (SSSR count). The summed E-state index contributed by atoms with van der Waals surface area (Å²) in [5.74, 6) is 1.17. The van der Waals surface area contributed by atoms with Gasteiger partial charge >= 0.3 is 6.09 Å². The van der Waals surface area contributed by atoms with Gasteiger partial charge in [-0.3, -0.25) is 4.68 Å². The number of guanidine groups is 1. The highest BCUT2D eigenvalue weighted by Gasteiger charge is 2.15. The number of carbonyl (C=O) groups is 1. The summed E-state index contributed by atoms with van der Waals surface area (Å²) >= 11 is 0. The summed E-state index contributed by atoms with van der Waals surface area (Å²) in [6, 6.07) is 1.91. The van der Waals surface area contributed by atoms with Gasteiger partial charge in [0, 0.05) is 32.4 Å². The molecule has 0 bridgehead atoms. The molecule has 1 heterocycles. The van der Waals surface area contributed by atoms with Crippen molar-refractivity contribution in [1.29, 1.82) is 0 Å². The van der Waals surface area contributed by atoms with E-state index in [0.717, 1.165) is 18.7 Å². The monoisotopic (exact) mass is 352 g/mol. The first-order valence-corrected chi connectivity index (χ1v) is 8.88. The Kier molecular flexibility index (Phi) is 9.42. The number of ether oxygens (including phenoxy) is 1. The molecule has 8 heteroatoms. The summed E-state index contributed by atoms with van der Waals surface area (Å²) in [5, 5.41) is 13.6. The molecule has 0 aliphatic heterocycles. The smallest absolute Gasteiger partial charge is 0.407 e. The van der Waals surface area contributed by atoms with E-state index in [9.17, 15) is 4.79 Å². The number of hydrogen-bond acceptors (Lipinski definition) is 4. The Morgan fingerprint density at radius 2 is 2.12 bits per heavy atom. The highest BCUT2D eigenvalue weighted by atomic mass is 16.5. The number of nitrogens with one attached hydrogen (secondary N) is 3. The second-order valence-electron chi connectivity index (χ2n) is 6.21. The molecular formula is C17H32N6O2. The molecule has 0 fully saturated rings. The van der Waals surface area contributed by atoms with Gasteiger partial charge in [-0.05, 0) is 32.3 Å². The van der Waals surface area contributed by atoms with Gasteiger partial charge in [0.15, 0.2) is 5.96 Å². The Bertz CT molecular complexity index is 541. The Hall–Kier alpha value is -2.25. The van der Waals surface area contributed by atoms with Crippen LogP contribution in [0.15, 0.2) is 17.3 Å². The minimum atomic E-state index is -0.383. The highest BCUT2D eigenvalue weighted by Crippen LogP contribution is 2.04. The second kappa shape index (κ2) is 11.3. The topological polar surface area (TPSA) is 92.6 Å². The highest BCUT2D eigenvalue weighted by molar-refractivity contribution is 5.79. The van der Waals surface area contributed by atoms with E-state index in [1.54, 1.807) is 17.8 Å². The summed E-state index contributed by atoms with van der Waals surface area (Å²) < 4.78 is 6.79. The van der Waals surface area contributed by atoms with Crippen molar-refractivity contribution in [2.45, 2.75) is 46.7 Å². The largest absolute Gasteiger partial charge is 0.450 e. The Labute approximate surface area is 150 Å². The second-order valence-corrected chi connectivity index (χ2v) is 6.21. The number of nitrogens with zero attached hydrogens (tertiary/aromatic N) is 3. The van der Waals surface area contributed by atoms with Gasteiger partial charge < -0.3 is 20.7 Å². The van der Waals surface area contributed by atoms with Crippen molar-refractivity contribution >= 4 is 12.1 Å². The van der Waals surface area contributed by atoms with Crippen LogP contribution in [0.25, 0.3) is 0 Å². The zero-order chi connectivity index (χ0) is 18.7. The van der Waals surface area contributed by atoms with Crippen molar-refractivity contribution in [3.63, 3.8) is 0 Å². The van der Waals surface area contributed by atoms with Crippen molar-refractivity contribution < 1.29 is 9.53 Å². The van der Waals surface area contributed by atoms with Gasteiger partial charge in [0.2, 0.25) is 0 Å². The lowest BCUT2D eigenvalue weighted by molar-refractivity contribution is 0.146. The third-order valence-electron chi connectivity index (χ3n) is 3.54. The molecular weight excluding hydrogens is 320 g/mol. The minimum Gasteiger partial charge on any atom is -0.450 e. The molecule has 8 nitrogen and oxygen atoms in total. The Balaban J connectivity index is 2.63. The first-order valence-electron chi connectivity index (χ1n) is 8.88. The van der Waals surface area contributed by atoms with Gasteiger partial charge in [-0.25, -0.2) is 9.79 Å². The van der Waals surface area contributed by atoms with Gasteiger partial charge in [0.1, 0.15) is 0 Å². The van der Waals surface area contributed by atoms with Crippen LogP contribution >= 0.6 is 0 Å². The van der Waals surface area contributed by atoms with Gasteiger partial charge in [0.05, 0.1) is 18.8 Å². The maximum absolute atomic E-state index is 11.7. The van der Waals surface area contributed by atoms with E-state index >= 15 is 0 Å². The number of alkyl carbamates (subject to hydrolysis) is 1. The van der Waals surface area contributed by atoms with E-state index in [4.69, 9.17) is 4.74 Å². The Morgan fingerprint density at radius 1 is 1.36 bits per heavy atom. The number of aryl methyl sites for hydroxylation is 1. The van der Waals surface area contributed by atoms with E-state index in [-0.39, 0.29) is 12.1 Å². The van der Waals surface area contributed by atoms with Crippen LogP contribution in [-0.4, -0.2) is 47.6 Å². The third-order valence-corrected chi connectivity index (χ3v) is 3.54. The molecule has 0 radical (unpaired) electrons. The fourth-order valence-electron chi connectivity index (χ4n) is 2.38. The summed E-state index contributed by atoms with van der Waals surface area (Å²) in [7, 11) is 1.90. The van der Waals surface area contributed by atoms with Crippen molar-refractivity contribution in [2.75, 3.05) is 19.7 Å². The molecule has 0 saturated heterocycles. The van der Waals surface area contributed by atoms with Crippen LogP contribution < -0.4 is 16.0 Å². The SMILES string of the molecule is CCNC(=NCc1ccnn1C)NCC(CC(C)C)NC(=O)OCC. The lowest BCUT2D eigenvalue weighted by Crippen LogP contribution is -2.47. The molecule has 1 aromatic rings. The maximum Gasteiger partial charge on any atom is 0.407 e. The fraction of sp³-hybridized carbons (Fsp3) is 0.706. The molecule has 0 aliphatic rings. The summed E-state index contributed by atoms with van der Waals surface area (Å²) in [4.78, 5) is 16.3. The van der Waals surface area contributed by atoms with Crippen LogP contribution in [0.3, 0.4) is 0 Å². The van der Waals surface area contributed by atoms with Crippen LogP contribution in [-0.2, 0) is 18.3 Å². The average Bonchev–Trinajstić information content (AvgIpc) is 2.94. The number of hydrogen-bond donors (Lipinski definition) is 3. The molecule has 1 aromatic heterocycles. The maximum atomic E-state index is 11.7. The van der Waals surface area contributed by atoms with Crippen molar-refractivity contribution in [3.8, 4) is 0 Å². The first kappa shape index (κ1) is 20.8. The Morgan fingerprint density at radius 3 is 2.68 bits per heavy atom. The van der Waals surface area contributed by atoms with Crippen molar-refractivity contribution in [1.82, 2.24) is 25.7 Å². The summed E-state index contributed by atoms with van der Waals surface area (Å²) in [6.45, 7) is 10.3. The molecule has 1 unspecified atom stereocenters. The van der Waals surface area contributed by atoms with Crippen LogP contribution in [0, 0.1) is 5.92 Å². The van der Waals surface area contributed by atoms with Crippen molar-refractivity contribution in [3.05, 3.63) is 18.0 Å². The number of aromatic nitrogens is 2. The lowest BCUT2D eigenvalue weighted by atomic mass is 10.0. The van der Waals surface area contributed by atoms with E-state index in [1.807, 2.05) is 20.0 Å². The molecule has 1 atom stereocenters. The predicted octanol–water partition coefficient (Wildman–Crippen LogP) is 1.64. The van der Waals surface area contributed by atoms with Crippen molar-refractivity contribution in [2.24, 2.45) is 18.0 Å². The average molecular weight is 352 g/mol. The zero-order valence-electron chi connectivity index (χ0n) is 16.0. The van der Waals surface area contributed by atoms with E-state index in [0.29, 0.717) is 31.6 Å². The fourth-order valence-corrected chi connectivity index (χ4v) is 2.38. The molecule has 0 saturated carbocycles. The summed E-state index contributed by atoms with van der Waals surface area (Å²) in [5.41, 5.74) is 1.03. The molecule has 0 aromatic carbocycles. The number of amides is 1. The number of aliphatic imine (C=N–C) groups is 1.